The highest BCUT2D eigenvalue weighted by Gasteiger charge is 2.43. The normalized spacial score (nSPS) is 15.8. The number of hydrogen-bond donors (Lipinski definition) is 0. The summed E-state index contributed by atoms with van der Waals surface area (Å²) >= 11 is 0. The highest BCUT2D eigenvalue weighted by molar-refractivity contribution is 6.15. The fraction of sp³-hybridized carbons (Fsp3) is 0.0435. The lowest BCUT2D eigenvalue weighted by atomic mass is 9.73. The Morgan fingerprint density at radius 1 is 0.580 bits per heavy atom. The molecule has 0 radical (unpaired) electrons. The fourth-order valence-corrected chi connectivity index (χ4v) is 9.05. The summed E-state index contributed by atoms with van der Waals surface area (Å²) in [6.45, 7) is 2.40. The Balaban J connectivity index is 1.31. The molecule has 1 aliphatic heterocycles. The van der Waals surface area contributed by atoms with Crippen molar-refractivity contribution in [2.45, 2.75) is 12.3 Å². The van der Waals surface area contributed by atoms with Crippen molar-refractivity contribution in [1.82, 2.24) is 14.5 Å². The van der Waals surface area contributed by atoms with Gasteiger partial charge in [-0.3, -0.25) is 0 Å². The second-order valence-corrected chi connectivity index (χ2v) is 13.9. The third-order valence-corrected chi connectivity index (χ3v) is 11.4. The Morgan fingerprint density at radius 2 is 1.40 bits per heavy atom. The zero-order valence-electron chi connectivity index (χ0n) is 27.1. The molecule has 10 aromatic rings. The van der Waals surface area contributed by atoms with E-state index in [9.17, 15) is 0 Å². The molecule has 4 nitrogen and oxygen atoms in total. The SMILES string of the molecule is CC12c3ccc4oc5nc(-c6ccccc6)nc(c5c4c3)-c3cccc(c3)-n3c4ccccc4c4cc(c1cc43)-c1c2ccc2ccccc12. The van der Waals surface area contributed by atoms with E-state index in [2.05, 4.69) is 139 Å². The minimum absolute atomic E-state index is 0.431. The summed E-state index contributed by atoms with van der Waals surface area (Å²) in [5.74, 6) is 0.649. The van der Waals surface area contributed by atoms with Gasteiger partial charge < -0.3 is 8.98 Å². The third-order valence-electron chi connectivity index (χ3n) is 11.4. The van der Waals surface area contributed by atoms with E-state index in [4.69, 9.17) is 14.4 Å². The number of hydrogen-bond acceptors (Lipinski definition) is 3. The van der Waals surface area contributed by atoms with Gasteiger partial charge in [-0.15, -0.1) is 0 Å². The molecule has 1 atom stereocenters. The van der Waals surface area contributed by atoms with E-state index in [1.165, 1.54) is 60.4 Å². The van der Waals surface area contributed by atoms with Crippen molar-refractivity contribution in [2.75, 3.05) is 0 Å². The smallest absolute Gasteiger partial charge is 0.231 e. The van der Waals surface area contributed by atoms with Crippen LogP contribution in [0.15, 0.2) is 150 Å². The Labute approximate surface area is 286 Å². The monoisotopic (exact) mass is 637 g/mol. The standard InChI is InChI=1S/C46H27N3O/c1-46-29-19-21-40-35(23-29)42-43(47-44(48-45(42)50-40)27-11-3-2-4-12-27)28-13-9-14-30(22-28)49-38-17-8-7-16-32(38)33-24-34(37(46)25-39(33)49)41-31-15-6-5-10-26(31)18-20-36(41)46/h2-25H,1H3. The van der Waals surface area contributed by atoms with Crippen molar-refractivity contribution in [3.05, 3.63) is 162 Å². The number of rotatable bonds is 1. The number of furan rings is 1. The van der Waals surface area contributed by atoms with Gasteiger partial charge in [0.05, 0.1) is 22.1 Å². The van der Waals surface area contributed by atoms with Gasteiger partial charge in [0.25, 0.3) is 0 Å². The Morgan fingerprint density at radius 3 is 2.32 bits per heavy atom. The molecule has 0 saturated carbocycles. The van der Waals surface area contributed by atoms with Gasteiger partial charge in [0.15, 0.2) is 5.82 Å². The summed E-state index contributed by atoms with van der Waals surface area (Å²) in [6, 6.07) is 52.9. The average Bonchev–Trinajstić information content (AvgIpc) is 3.79. The molecule has 0 N–H and O–H groups in total. The topological polar surface area (TPSA) is 43.9 Å². The van der Waals surface area contributed by atoms with E-state index < -0.39 is 5.41 Å². The second kappa shape index (κ2) is 9.13. The first kappa shape index (κ1) is 26.4. The molecule has 6 bridgehead atoms. The number of para-hydroxylation sites is 1. The van der Waals surface area contributed by atoms with Crippen LogP contribution in [0.5, 0.6) is 0 Å². The maximum absolute atomic E-state index is 6.60. The lowest BCUT2D eigenvalue weighted by Gasteiger charge is -2.28. The number of benzene rings is 7. The zero-order valence-corrected chi connectivity index (χ0v) is 27.1. The first-order valence-electron chi connectivity index (χ1n) is 17.2. The van der Waals surface area contributed by atoms with E-state index >= 15 is 0 Å². The van der Waals surface area contributed by atoms with E-state index in [0.29, 0.717) is 11.5 Å². The first-order chi connectivity index (χ1) is 24.6. The van der Waals surface area contributed by atoms with Crippen LogP contribution in [-0.2, 0) is 5.41 Å². The average molecular weight is 638 g/mol. The van der Waals surface area contributed by atoms with E-state index in [1.54, 1.807) is 0 Å². The molecular weight excluding hydrogens is 611 g/mol. The van der Waals surface area contributed by atoms with Gasteiger partial charge >= 0.3 is 0 Å². The van der Waals surface area contributed by atoms with Crippen molar-refractivity contribution in [2.24, 2.45) is 0 Å². The summed E-state index contributed by atoms with van der Waals surface area (Å²) in [7, 11) is 0. The number of fused-ring (bicyclic) bond motifs is 14. The molecule has 0 amide bonds. The molecule has 3 aromatic heterocycles. The van der Waals surface area contributed by atoms with Crippen LogP contribution >= 0.6 is 0 Å². The highest BCUT2D eigenvalue weighted by Crippen LogP contribution is 2.57. The van der Waals surface area contributed by atoms with E-state index in [-0.39, 0.29) is 0 Å². The van der Waals surface area contributed by atoms with Crippen LogP contribution in [0, 0.1) is 0 Å². The van der Waals surface area contributed by atoms with Crippen LogP contribution in [0.2, 0.25) is 0 Å². The van der Waals surface area contributed by atoms with Gasteiger partial charge in [0.1, 0.15) is 5.58 Å². The quantitative estimate of drug-likeness (QED) is 0.180. The molecule has 232 valence electrons. The highest BCUT2D eigenvalue weighted by atomic mass is 16.3. The van der Waals surface area contributed by atoms with E-state index in [0.717, 1.165) is 38.9 Å². The lowest BCUT2D eigenvalue weighted by Crippen LogP contribution is -2.22. The van der Waals surface area contributed by atoms with Gasteiger partial charge in [-0.05, 0) is 88.0 Å². The number of aromatic nitrogens is 3. The largest absolute Gasteiger partial charge is 0.438 e. The summed E-state index contributed by atoms with van der Waals surface area (Å²) < 4.78 is 9.04. The summed E-state index contributed by atoms with van der Waals surface area (Å²) in [5, 5.41) is 7.00. The van der Waals surface area contributed by atoms with Crippen molar-refractivity contribution >= 4 is 54.6 Å². The van der Waals surface area contributed by atoms with Crippen molar-refractivity contribution < 1.29 is 4.42 Å². The minimum atomic E-state index is -0.431. The van der Waals surface area contributed by atoms with Gasteiger partial charge in [-0.1, -0.05) is 103 Å². The van der Waals surface area contributed by atoms with Gasteiger partial charge in [0.2, 0.25) is 5.71 Å². The lowest BCUT2D eigenvalue weighted by molar-refractivity contribution is 0.652. The molecule has 0 saturated heterocycles. The van der Waals surface area contributed by atoms with Crippen molar-refractivity contribution in [3.63, 3.8) is 0 Å². The van der Waals surface area contributed by atoms with Crippen LogP contribution < -0.4 is 0 Å². The van der Waals surface area contributed by atoms with Crippen LogP contribution in [0.4, 0.5) is 0 Å². The number of nitrogens with zero attached hydrogens (tertiary/aromatic N) is 3. The molecular formula is C46H27N3O. The van der Waals surface area contributed by atoms with Crippen LogP contribution in [0.3, 0.4) is 0 Å². The Bertz CT molecular complexity index is 3110. The predicted molar refractivity (Wildman–Crippen MR) is 203 cm³/mol. The van der Waals surface area contributed by atoms with Crippen molar-refractivity contribution in [1.29, 1.82) is 0 Å². The maximum atomic E-state index is 6.60. The predicted octanol–water partition coefficient (Wildman–Crippen LogP) is 11.6. The van der Waals surface area contributed by atoms with Gasteiger partial charge in [-0.25, -0.2) is 4.98 Å². The Hall–Kier alpha value is -6.52. The Kier molecular flexibility index (Phi) is 4.83. The van der Waals surface area contributed by atoms with Crippen molar-refractivity contribution in [3.8, 4) is 39.5 Å². The molecule has 4 heteroatoms. The molecule has 1 aliphatic carbocycles. The summed E-state index contributed by atoms with van der Waals surface area (Å²) in [6.07, 6.45) is 0. The van der Waals surface area contributed by atoms with Crippen LogP contribution in [-0.4, -0.2) is 14.5 Å². The molecule has 4 heterocycles. The molecule has 7 aromatic carbocycles. The summed E-state index contributed by atoms with van der Waals surface area (Å²) in [5.41, 5.74) is 13.8. The molecule has 2 aliphatic rings. The molecule has 0 fully saturated rings. The second-order valence-electron chi connectivity index (χ2n) is 13.9. The van der Waals surface area contributed by atoms with Gasteiger partial charge in [0, 0.05) is 38.4 Å². The molecule has 12 rings (SSSR count). The van der Waals surface area contributed by atoms with Crippen LogP contribution in [0.1, 0.15) is 23.6 Å². The maximum Gasteiger partial charge on any atom is 0.231 e. The van der Waals surface area contributed by atoms with Crippen LogP contribution in [0.25, 0.3) is 94.1 Å². The molecule has 0 spiro atoms. The van der Waals surface area contributed by atoms with E-state index in [1.807, 2.05) is 18.2 Å². The summed E-state index contributed by atoms with van der Waals surface area (Å²) in [4.78, 5) is 10.4. The fourth-order valence-electron chi connectivity index (χ4n) is 9.05. The third kappa shape index (κ3) is 3.21. The molecule has 1 unspecified atom stereocenters. The first-order valence-corrected chi connectivity index (χ1v) is 17.2. The minimum Gasteiger partial charge on any atom is -0.438 e. The zero-order chi connectivity index (χ0) is 32.7. The molecule has 50 heavy (non-hydrogen) atoms. The van der Waals surface area contributed by atoms with Gasteiger partial charge in [-0.2, -0.15) is 4.98 Å².